The number of pyridine rings is 1. The van der Waals surface area contributed by atoms with Gasteiger partial charge in [-0.25, -0.2) is 4.98 Å². The van der Waals surface area contributed by atoms with E-state index in [1.807, 2.05) is 25.2 Å². The van der Waals surface area contributed by atoms with Crippen molar-refractivity contribution >= 4 is 35.1 Å². The van der Waals surface area contributed by atoms with Crippen LogP contribution in [0.3, 0.4) is 0 Å². The third-order valence-corrected chi connectivity index (χ3v) is 8.09. The smallest absolute Gasteiger partial charge is 0.262 e. The molecule has 0 saturated carbocycles. The number of piperidine rings is 2. The quantitative estimate of drug-likeness (QED) is 0.511. The minimum atomic E-state index is -0.947. The molecule has 0 radical (unpaired) electrons. The molecule has 11 nitrogen and oxygen atoms in total. The predicted octanol–water partition coefficient (Wildman–Crippen LogP) is 1.50. The topological polar surface area (TPSA) is 124 Å². The first-order valence-electron chi connectivity index (χ1n) is 13.5. The molecule has 2 N–H and O–H groups in total. The molecule has 2 aromatic rings. The second kappa shape index (κ2) is 10.3. The lowest BCUT2D eigenvalue weighted by atomic mass is 9.96. The van der Waals surface area contributed by atoms with Crippen LogP contribution in [0.2, 0.25) is 0 Å². The van der Waals surface area contributed by atoms with Gasteiger partial charge in [0.2, 0.25) is 11.8 Å². The molecule has 3 fully saturated rings. The van der Waals surface area contributed by atoms with Crippen molar-refractivity contribution in [1.82, 2.24) is 20.1 Å². The van der Waals surface area contributed by atoms with Crippen molar-refractivity contribution in [3.05, 3.63) is 47.7 Å². The number of hydrogen-bond donors (Lipinski definition) is 2. The summed E-state index contributed by atoms with van der Waals surface area (Å²) in [5, 5.41) is 5.24. The van der Waals surface area contributed by atoms with Crippen molar-refractivity contribution < 1.29 is 23.9 Å². The Bertz CT molecular complexity index is 1300. The summed E-state index contributed by atoms with van der Waals surface area (Å²) in [4.78, 5) is 59.8. The van der Waals surface area contributed by atoms with Crippen LogP contribution in [0.1, 0.15) is 46.4 Å². The van der Waals surface area contributed by atoms with Crippen LogP contribution in [0.25, 0.3) is 0 Å². The highest BCUT2D eigenvalue weighted by Crippen LogP contribution is 2.33. The van der Waals surface area contributed by atoms with Crippen molar-refractivity contribution in [2.75, 3.05) is 50.0 Å². The number of fused-ring (bicyclic) bond motifs is 1. The second-order valence-corrected chi connectivity index (χ2v) is 10.7. The monoisotopic (exact) mass is 532 g/mol. The van der Waals surface area contributed by atoms with E-state index in [1.165, 1.54) is 0 Å². The van der Waals surface area contributed by atoms with Crippen LogP contribution in [0.4, 0.5) is 11.5 Å². The van der Waals surface area contributed by atoms with E-state index >= 15 is 0 Å². The van der Waals surface area contributed by atoms with Crippen LogP contribution in [0.5, 0.6) is 5.75 Å². The number of rotatable bonds is 7. The average Bonchev–Trinajstić information content (AvgIpc) is 3.16. The number of carbonyl (C=O) groups excluding carboxylic acids is 4. The number of ether oxygens (including phenoxy) is 1. The summed E-state index contributed by atoms with van der Waals surface area (Å²) >= 11 is 0. The Hall–Kier alpha value is -3.99. The lowest BCUT2D eigenvalue weighted by Crippen LogP contribution is -2.54. The maximum atomic E-state index is 13.1. The summed E-state index contributed by atoms with van der Waals surface area (Å²) in [5.74, 6) is 0.234. The molecule has 3 saturated heterocycles. The number of aromatic nitrogens is 1. The fourth-order valence-electron chi connectivity index (χ4n) is 5.92. The third kappa shape index (κ3) is 4.94. The van der Waals surface area contributed by atoms with Gasteiger partial charge < -0.3 is 19.9 Å². The van der Waals surface area contributed by atoms with Crippen molar-refractivity contribution in [2.24, 2.45) is 5.92 Å². The number of benzene rings is 1. The minimum absolute atomic E-state index is 0.108. The molecule has 1 aromatic carbocycles. The zero-order chi connectivity index (χ0) is 27.1. The van der Waals surface area contributed by atoms with Gasteiger partial charge in [-0.2, -0.15) is 0 Å². The molecule has 1 unspecified atom stereocenters. The van der Waals surface area contributed by atoms with E-state index in [1.54, 1.807) is 18.3 Å². The number of imide groups is 2. The van der Waals surface area contributed by atoms with Crippen LogP contribution >= 0.6 is 0 Å². The van der Waals surface area contributed by atoms with Crippen LogP contribution < -0.4 is 20.3 Å². The van der Waals surface area contributed by atoms with Crippen LogP contribution in [-0.4, -0.2) is 90.3 Å². The summed E-state index contributed by atoms with van der Waals surface area (Å²) in [7, 11) is 1.84. The summed E-state index contributed by atoms with van der Waals surface area (Å²) in [6, 6.07) is 8.22. The van der Waals surface area contributed by atoms with E-state index in [0.717, 1.165) is 67.7 Å². The Morgan fingerprint density at radius 2 is 1.77 bits per heavy atom. The number of nitrogens with zero attached hydrogens (tertiary/aromatic N) is 4. The molecule has 0 bridgehead atoms. The van der Waals surface area contributed by atoms with Gasteiger partial charge in [-0.15, -0.1) is 0 Å². The van der Waals surface area contributed by atoms with Crippen LogP contribution in [-0.2, 0) is 9.59 Å². The van der Waals surface area contributed by atoms with Crippen molar-refractivity contribution in [1.29, 1.82) is 0 Å². The molecule has 0 aliphatic carbocycles. The zero-order valence-electron chi connectivity index (χ0n) is 21.9. The predicted molar refractivity (Wildman–Crippen MR) is 143 cm³/mol. The summed E-state index contributed by atoms with van der Waals surface area (Å²) in [5.41, 5.74) is 1.54. The Balaban J connectivity index is 0.993. The molecule has 5 heterocycles. The Morgan fingerprint density at radius 1 is 1.00 bits per heavy atom. The maximum absolute atomic E-state index is 13.1. The van der Waals surface area contributed by atoms with Gasteiger partial charge in [-0.1, -0.05) is 0 Å². The fourth-order valence-corrected chi connectivity index (χ4v) is 5.92. The molecule has 4 aliphatic rings. The van der Waals surface area contributed by atoms with Crippen molar-refractivity contribution in [3.63, 3.8) is 0 Å². The van der Waals surface area contributed by atoms with Gasteiger partial charge in [0.25, 0.3) is 11.8 Å². The summed E-state index contributed by atoms with van der Waals surface area (Å²) < 4.78 is 6.12. The maximum Gasteiger partial charge on any atom is 0.262 e. The zero-order valence-corrected chi connectivity index (χ0v) is 21.9. The number of nitrogens with one attached hydrogen (secondary N) is 2. The molecule has 1 aromatic heterocycles. The largest absolute Gasteiger partial charge is 0.489 e. The van der Waals surface area contributed by atoms with Crippen molar-refractivity contribution in [2.45, 2.75) is 37.8 Å². The van der Waals surface area contributed by atoms with E-state index < -0.39 is 23.8 Å². The molecule has 1 atom stereocenters. The number of anilines is 2. The SMILES string of the molecule is CNc1ccc(OC2CCN(CC3CN(c4ccc5c(c4)C(=O)N(C4CCC(=O)NC4=O)C5=O)C3)CC2)cn1. The van der Waals surface area contributed by atoms with Gasteiger partial charge in [0, 0.05) is 57.8 Å². The lowest BCUT2D eigenvalue weighted by molar-refractivity contribution is -0.136. The number of amides is 4. The van der Waals surface area contributed by atoms with Crippen LogP contribution in [0.15, 0.2) is 36.5 Å². The Morgan fingerprint density at radius 3 is 2.46 bits per heavy atom. The van der Waals surface area contributed by atoms with Crippen LogP contribution in [0, 0.1) is 5.92 Å². The van der Waals surface area contributed by atoms with Gasteiger partial charge in [0.05, 0.1) is 17.3 Å². The molecule has 4 aliphatic heterocycles. The number of likely N-dealkylation sites (tertiary alicyclic amines) is 1. The highest BCUT2D eigenvalue weighted by Gasteiger charge is 2.45. The average molecular weight is 533 g/mol. The second-order valence-electron chi connectivity index (χ2n) is 10.7. The molecule has 11 heteroatoms. The Kier molecular flexibility index (Phi) is 6.68. The molecule has 39 heavy (non-hydrogen) atoms. The number of carbonyl (C=O) groups is 4. The standard InChI is InChI=1S/C28H32N6O5/c1-29-24-6-3-20(13-30-24)39-19-8-10-32(11-9-19)14-17-15-33(16-17)18-2-4-21-22(12-18)28(38)34(27(21)37)23-5-7-25(35)31-26(23)36/h2-4,6,12-13,17,19,23H,5,7-11,14-16H2,1H3,(H,29,30)(H,31,35,36). The summed E-state index contributed by atoms with van der Waals surface area (Å²) in [6.07, 6.45) is 4.19. The van der Waals surface area contributed by atoms with Gasteiger partial charge in [0.1, 0.15) is 23.7 Å². The first-order valence-corrected chi connectivity index (χ1v) is 13.5. The van der Waals surface area contributed by atoms with E-state index in [0.29, 0.717) is 17.0 Å². The van der Waals surface area contributed by atoms with Gasteiger partial charge in [0.15, 0.2) is 0 Å². The van der Waals surface area contributed by atoms with E-state index in [9.17, 15) is 19.2 Å². The first-order chi connectivity index (χ1) is 18.9. The third-order valence-electron chi connectivity index (χ3n) is 8.09. The highest BCUT2D eigenvalue weighted by molar-refractivity contribution is 6.23. The molecule has 204 valence electrons. The normalized spacial score (nSPS) is 22.5. The lowest BCUT2D eigenvalue weighted by Gasteiger charge is -2.44. The molecule has 6 rings (SSSR count). The molecule has 4 amide bonds. The van der Waals surface area contributed by atoms with Crippen molar-refractivity contribution in [3.8, 4) is 5.75 Å². The molecular formula is C28H32N6O5. The van der Waals surface area contributed by atoms with Gasteiger partial charge >= 0.3 is 0 Å². The number of hydrogen-bond acceptors (Lipinski definition) is 9. The van der Waals surface area contributed by atoms with E-state index in [4.69, 9.17) is 4.74 Å². The highest BCUT2D eigenvalue weighted by atomic mass is 16.5. The summed E-state index contributed by atoms with van der Waals surface area (Å²) in [6.45, 7) is 4.78. The molecule has 0 spiro atoms. The van der Waals surface area contributed by atoms with Gasteiger partial charge in [-0.3, -0.25) is 29.4 Å². The molecular weight excluding hydrogens is 500 g/mol. The Labute approximate surface area is 226 Å². The minimum Gasteiger partial charge on any atom is -0.489 e. The first kappa shape index (κ1) is 25.3. The van der Waals surface area contributed by atoms with Gasteiger partial charge in [-0.05, 0) is 49.6 Å². The van der Waals surface area contributed by atoms with E-state index in [-0.39, 0.29) is 24.9 Å². The van der Waals surface area contributed by atoms with E-state index in [2.05, 4.69) is 25.4 Å². The fraction of sp³-hybridized carbons (Fsp3) is 0.464.